The summed E-state index contributed by atoms with van der Waals surface area (Å²) in [5.41, 5.74) is 5.99. The van der Waals surface area contributed by atoms with E-state index < -0.39 is 0 Å². The number of hydrogen-bond acceptors (Lipinski definition) is 5. The Morgan fingerprint density at radius 3 is 3.21 bits per heavy atom. The molecule has 14 heavy (non-hydrogen) atoms. The van der Waals surface area contributed by atoms with Gasteiger partial charge in [0.1, 0.15) is 11.3 Å². The third kappa shape index (κ3) is 1.76. The maximum atomic E-state index is 5.99. The van der Waals surface area contributed by atoms with Gasteiger partial charge >= 0.3 is 0 Å². The van der Waals surface area contributed by atoms with Crippen LogP contribution in [0, 0.1) is 0 Å². The number of nitrogens with two attached hydrogens (primary N) is 1. The average Bonchev–Trinajstić information content (AvgIpc) is 2.72. The third-order valence-corrected chi connectivity index (χ3v) is 3.13. The second-order valence-electron chi connectivity index (χ2n) is 3.25. The van der Waals surface area contributed by atoms with Gasteiger partial charge in [-0.3, -0.25) is 0 Å². The molecule has 0 aliphatic heterocycles. The molecule has 0 aromatic carbocycles. The van der Waals surface area contributed by atoms with Crippen LogP contribution < -0.4 is 5.73 Å². The SMILES string of the molecule is CCCCC(N)c1nn2cnnc2s1. The summed E-state index contributed by atoms with van der Waals surface area (Å²) in [7, 11) is 0. The smallest absolute Gasteiger partial charge is 0.234 e. The molecule has 1 unspecified atom stereocenters. The van der Waals surface area contributed by atoms with Crippen molar-refractivity contribution in [3.8, 4) is 0 Å². The highest BCUT2D eigenvalue weighted by Crippen LogP contribution is 2.21. The maximum absolute atomic E-state index is 5.99. The van der Waals surface area contributed by atoms with Crippen molar-refractivity contribution in [2.75, 3.05) is 0 Å². The Morgan fingerprint density at radius 2 is 2.50 bits per heavy atom. The molecule has 0 saturated carbocycles. The van der Waals surface area contributed by atoms with Crippen LogP contribution in [0.1, 0.15) is 37.2 Å². The van der Waals surface area contributed by atoms with Crippen LogP contribution in [0.2, 0.25) is 0 Å². The van der Waals surface area contributed by atoms with Gasteiger partial charge in [0.2, 0.25) is 4.96 Å². The molecule has 1 atom stereocenters. The molecule has 0 fully saturated rings. The normalized spacial score (nSPS) is 13.6. The molecule has 0 aliphatic carbocycles. The van der Waals surface area contributed by atoms with E-state index in [1.807, 2.05) is 0 Å². The van der Waals surface area contributed by atoms with Crippen molar-refractivity contribution in [3.63, 3.8) is 0 Å². The number of hydrogen-bond donors (Lipinski definition) is 1. The van der Waals surface area contributed by atoms with Crippen molar-refractivity contribution >= 4 is 16.3 Å². The molecule has 0 aliphatic rings. The zero-order chi connectivity index (χ0) is 9.97. The van der Waals surface area contributed by atoms with Gasteiger partial charge in [-0.15, -0.1) is 10.2 Å². The molecule has 0 radical (unpaired) electrons. The van der Waals surface area contributed by atoms with E-state index in [0.717, 1.165) is 29.2 Å². The highest BCUT2D eigenvalue weighted by Gasteiger charge is 2.12. The molecule has 5 nitrogen and oxygen atoms in total. The van der Waals surface area contributed by atoms with Crippen molar-refractivity contribution < 1.29 is 0 Å². The van der Waals surface area contributed by atoms with E-state index in [-0.39, 0.29) is 6.04 Å². The predicted octanol–water partition coefficient (Wildman–Crippen LogP) is 1.38. The second-order valence-corrected chi connectivity index (χ2v) is 4.23. The monoisotopic (exact) mass is 211 g/mol. The lowest BCUT2D eigenvalue weighted by Crippen LogP contribution is -2.10. The molecule has 0 spiro atoms. The molecule has 2 aromatic heterocycles. The van der Waals surface area contributed by atoms with Gasteiger partial charge in [0.05, 0.1) is 6.04 Å². The van der Waals surface area contributed by atoms with Gasteiger partial charge in [-0.1, -0.05) is 31.1 Å². The van der Waals surface area contributed by atoms with Gasteiger partial charge in [0, 0.05) is 0 Å². The second kappa shape index (κ2) is 4.02. The Labute approximate surface area is 86.0 Å². The van der Waals surface area contributed by atoms with Gasteiger partial charge in [0.25, 0.3) is 0 Å². The summed E-state index contributed by atoms with van der Waals surface area (Å²) in [5.74, 6) is 0. The van der Waals surface area contributed by atoms with Gasteiger partial charge in [-0.25, -0.2) is 0 Å². The lowest BCUT2D eigenvalue weighted by molar-refractivity contribution is 0.593. The highest BCUT2D eigenvalue weighted by atomic mass is 32.1. The van der Waals surface area contributed by atoms with Crippen molar-refractivity contribution in [2.24, 2.45) is 5.73 Å². The largest absolute Gasteiger partial charge is 0.322 e. The van der Waals surface area contributed by atoms with Crippen LogP contribution in [0.5, 0.6) is 0 Å². The van der Waals surface area contributed by atoms with E-state index in [1.54, 1.807) is 10.8 Å². The molecular weight excluding hydrogens is 198 g/mol. The van der Waals surface area contributed by atoms with Crippen molar-refractivity contribution in [2.45, 2.75) is 32.2 Å². The van der Waals surface area contributed by atoms with E-state index in [1.165, 1.54) is 11.3 Å². The number of aromatic nitrogens is 4. The average molecular weight is 211 g/mol. The van der Waals surface area contributed by atoms with Crippen LogP contribution in [-0.2, 0) is 0 Å². The first-order valence-corrected chi connectivity index (χ1v) is 5.55. The maximum Gasteiger partial charge on any atom is 0.234 e. The van der Waals surface area contributed by atoms with Gasteiger partial charge in [-0.05, 0) is 6.42 Å². The number of rotatable bonds is 4. The summed E-state index contributed by atoms with van der Waals surface area (Å²) in [6.07, 6.45) is 4.89. The van der Waals surface area contributed by atoms with E-state index in [2.05, 4.69) is 22.2 Å². The van der Waals surface area contributed by atoms with Crippen LogP contribution >= 0.6 is 11.3 Å². The Hall–Kier alpha value is -1.01. The fourth-order valence-corrected chi connectivity index (χ4v) is 2.13. The van der Waals surface area contributed by atoms with E-state index in [4.69, 9.17) is 5.73 Å². The summed E-state index contributed by atoms with van der Waals surface area (Å²) < 4.78 is 1.67. The first-order chi connectivity index (χ1) is 6.81. The summed E-state index contributed by atoms with van der Waals surface area (Å²) in [4.78, 5) is 0.812. The molecule has 2 heterocycles. The standard InChI is InChI=1S/C8H13N5S/c1-2-3-4-6(9)7-12-13-5-10-11-8(13)14-7/h5-6H,2-4,9H2,1H3. The lowest BCUT2D eigenvalue weighted by Gasteiger charge is -2.05. The molecule has 76 valence electrons. The zero-order valence-electron chi connectivity index (χ0n) is 8.05. The topological polar surface area (TPSA) is 69.1 Å². The first-order valence-electron chi connectivity index (χ1n) is 4.73. The summed E-state index contributed by atoms with van der Waals surface area (Å²) in [5, 5.41) is 12.9. The quantitative estimate of drug-likeness (QED) is 0.829. The first kappa shape index (κ1) is 9.54. The Bertz CT molecular complexity index is 378. The van der Waals surface area contributed by atoms with E-state index >= 15 is 0 Å². The predicted molar refractivity (Wildman–Crippen MR) is 55.1 cm³/mol. The highest BCUT2D eigenvalue weighted by molar-refractivity contribution is 7.16. The summed E-state index contributed by atoms with van der Waals surface area (Å²) >= 11 is 1.52. The summed E-state index contributed by atoms with van der Waals surface area (Å²) in [6, 6.07) is 0.0432. The van der Waals surface area contributed by atoms with Crippen molar-refractivity contribution in [1.29, 1.82) is 0 Å². The number of unbranched alkanes of at least 4 members (excludes halogenated alkanes) is 1. The minimum Gasteiger partial charge on any atom is -0.322 e. The molecule has 2 rings (SSSR count). The van der Waals surface area contributed by atoms with Gasteiger partial charge < -0.3 is 5.73 Å². The minimum absolute atomic E-state index is 0.0432. The van der Waals surface area contributed by atoms with Gasteiger partial charge in [0.15, 0.2) is 0 Å². The van der Waals surface area contributed by atoms with Gasteiger partial charge in [-0.2, -0.15) is 9.61 Å². The molecule has 2 aromatic rings. The molecule has 0 bridgehead atoms. The number of fused-ring (bicyclic) bond motifs is 1. The Balaban J connectivity index is 2.13. The summed E-state index contributed by atoms with van der Waals surface area (Å²) in [6.45, 7) is 2.16. The van der Waals surface area contributed by atoms with Crippen LogP contribution in [0.3, 0.4) is 0 Å². The lowest BCUT2D eigenvalue weighted by atomic mass is 10.1. The minimum atomic E-state index is 0.0432. The fraction of sp³-hybridized carbons (Fsp3) is 0.625. The van der Waals surface area contributed by atoms with Crippen LogP contribution in [0.25, 0.3) is 4.96 Å². The van der Waals surface area contributed by atoms with Crippen LogP contribution in [-0.4, -0.2) is 19.8 Å². The third-order valence-electron chi connectivity index (χ3n) is 2.09. The number of nitrogens with zero attached hydrogens (tertiary/aromatic N) is 4. The molecule has 0 amide bonds. The molecule has 0 saturated heterocycles. The molecular formula is C8H13N5S. The fourth-order valence-electron chi connectivity index (χ4n) is 1.27. The molecule has 6 heteroatoms. The molecule has 2 N–H and O–H groups in total. The zero-order valence-corrected chi connectivity index (χ0v) is 8.87. The Morgan fingerprint density at radius 1 is 1.64 bits per heavy atom. The van der Waals surface area contributed by atoms with E-state index in [0.29, 0.717) is 0 Å². The van der Waals surface area contributed by atoms with E-state index in [9.17, 15) is 0 Å². The van der Waals surface area contributed by atoms with Crippen molar-refractivity contribution in [1.82, 2.24) is 19.8 Å². The van der Waals surface area contributed by atoms with Crippen molar-refractivity contribution in [3.05, 3.63) is 11.3 Å². The van der Waals surface area contributed by atoms with Crippen LogP contribution in [0.15, 0.2) is 6.33 Å². The Kier molecular flexibility index (Phi) is 2.74. The van der Waals surface area contributed by atoms with Crippen LogP contribution in [0.4, 0.5) is 0 Å².